The summed E-state index contributed by atoms with van der Waals surface area (Å²) in [7, 11) is 0. The molecule has 0 saturated heterocycles. The summed E-state index contributed by atoms with van der Waals surface area (Å²) in [6.07, 6.45) is 0. The summed E-state index contributed by atoms with van der Waals surface area (Å²) >= 11 is 0. The van der Waals surface area contributed by atoms with Crippen LogP contribution in [0.5, 0.6) is 0 Å². The van der Waals surface area contributed by atoms with Gasteiger partial charge in [-0.15, -0.1) is 0 Å². The van der Waals surface area contributed by atoms with Crippen molar-refractivity contribution < 1.29 is 4.42 Å². The molecule has 224 valence electrons. The Kier molecular flexibility index (Phi) is 5.81. The topological polar surface area (TPSA) is 56.7 Å². The van der Waals surface area contributed by atoms with Crippen molar-refractivity contribution >= 4 is 54.5 Å². The number of benzene rings is 7. The molecule has 0 amide bonds. The number of furan rings is 1. The van der Waals surface area contributed by atoms with Crippen molar-refractivity contribution in [3.63, 3.8) is 0 Å². The number of fused-ring (bicyclic) bond motifs is 8. The van der Waals surface area contributed by atoms with E-state index in [0.717, 1.165) is 66.1 Å². The maximum absolute atomic E-state index is 7.07. The molecule has 7 aromatic carbocycles. The van der Waals surface area contributed by atoms with Crippen molar-refractivity contribution in [2.24, 2.45) is 0 Å². The molecule has 0 aliphatic carbocycles. The normalized spacial score (nSPS) is 11.8. The summed E-state index contributed by atoms with van der Waals surface area (Å²) in [5.74, 6) is 1.79. The van der Waals surface area contributed by atoms with Crippen LogP contribution in [0.4, 0.5) is 0 Å². The molecule has 0 aliphatic rings. The lowest BCUT2D eigenvalue weighted by atomic mass is 9.99. The fraction of sp³-hybridized carbons (Fsp3) is 0. The van der Waals surface area contributed by atoms with E-state index in [1.54, 1.807) is 0 Å². The molecule has 3 aromatic heterocycles. The highest BCUT2D eigenvalue weighted by Crippen LogP contribution is 2.43. The highest BCUT2D eigenvalue weighted by molar-refractivity contribution is 6.23. The first-order valence-electron chi connectivity index (χ1n) is 16.0. The lowest BCUT2D eigenvalue weighted by molar-refractivity contribution is 0.667. The lowest BCUT2D eigenvalue weighted by Crippen LogP contribution is -2.00. The zero-order valence-electron chi connectivity index (χ0n) is 25.7. The monoisotopic (exact) mass is 614 g/mol. The molecule has 0 spiro atoms. The SMILES string of the molecule is c1ccc(-c2nc(-c3ccccc3)nc(-c3cc4ccccc4c4c3oc3c(-n5c6ccccc6c6ccccc65)cccc34)n2)cc1. The Balaban J connectivity index is 1.31. The van der Waals surface area contributed by atoms with Gasteiger partial charge in [-0.05, 0) is 35.0 Å². The van der Waals surface area contributed by atoms with E-state index in [4.69, 9.17) is 19.4 Å². The maximum Gasteiger partial charge on any atom is 0.167 e. The Morgan fingerprint density at radius 1 is 0.417 bits per heavy atom. The van der Waals surface area contributed by atoms with Crippen molar-refractivity contribution in [3.05, 3.63) is 158 Å². The second-order valence-corrected chi connectivity index (χ2v) is 12.0. The molecule has 0 aliphatic heterocycles. The molecule has 0 N–H and O–H groups in total. The van der Waals surface area contributed by atoms with Crippen molar-refractivity contribution in [1.82, 2.24) is 19.5 Å². The first kappa shape index (κ1) is 26.6. The van der Waals surface area contributed by atoms with Crippen LogP contribution in [0, 0.1) is 0 Å². The summed E-state index contributed by atoms with van der Waals surface area (Å²) in [6.45, 7) is 0. The van der Waals surface area contributed by atoms with E-state index in [2.05, 4.69) is 102 Å². The van der Waals surface area contributed by atoms with Gasteiger partial charge in [-0.25, -0.2) is 15.0 Å². The van der Waals surface area contributed by atoms with Gasteiger partial charge < -0.3 is 8.98 Å². The van der Waals surface area contributed by atoms with Crippen LogP contribution in [-0.2, 0) is 0 Å². The summed E-state index contributed by atoms with van der Waals surface area (Å²) in [6, 6.07) is 54.3. The predicted molar refractivity (Wildman–Crippen MR) is 195 cm³/mol. The van der Waals surface area contributed by atoms with Gasteiger partial charge in [0.15, 0.2) is 23.1 Å². The van der Waals surface area contributed by atoms with Gasteiger partial charge >= 0.3 is 0 Å². The predicted octanol–water partition coefficient (Wildman–Crippen LogP) is 11.0. The molecule has 0 atom stereocenters. The van der Waals surface area contributed by atoms with Crippen molar-refractivity contribution in [2.75, 3.05) is 0 Å². The zero-order chi connectivity index (χ0) is 31.6. The van der Waals surface area contributed by atoms with Crippen LogP contribution in [0.1, 0.15) is 0 Å². The van der Waals surface area contributed by atoms with Gasteiger partial charge in [0.2, 0.25) is 0 Å². The Bertz CT molecular complexity index is 2720. The summed E-state index contributed by atoms with van der Waals surface area (Å²) in [5, 5.41) is 6.72. The van der Waals surface area contributed by atoms with Crippen LogP contribution in [0.3, 0.4) is 0 Å². The van der Waals surface area contributed by atoms with Gasteiger partial charge in [0.1, 0.15) is 5.58 Å². The van der Waals surface area contributed by atoms with Crippen LogP contribution in [0.15, 0.2) is 162 Å². The van der Waals surface area contributed by atoms with Crippen LogP contribution < -0.4 is 0 Å². The molecule has 0 saturated carbocycles. The molecule has 10 aromatic rings. The molecule has 5 nitrogen and oxygen atoms in total. The maximum atomic E-state index is 7.07. The average Bonchev–Trinajstić information content (AvgIpc) is 3.72. The minimum absolute atomic E-state index is 0.566. The molecular weight excluding hydrogens is 589 g/mol. The molecule has 0 fully saturated rings. The lowest BCUT2D eigenvalue weighted by Gasteiger charge is -2.10. The van der Waals surface area contributed by atoms with E-state index >= 15 is 0 Å². The van der Waals surface area contributed by atoms with E-state index in [1.807, 2.05) is 60.7 Å². The Labute approximate surface area is 275 Å². The Morgan fingerprint density at radius 3 is 1.58 bits per heavy atom. The van der Waals surface area contributed by atoms with E-state index in [-0.39, 0.29) is 0 Å². The van der Waals surface area contributed by atoms with Gasteiger partial charge in [0, 0.05) is 32.7 Å². The zero-order valence-corrected chi connectivity index (χ0v) is 25.7. The van der Waals surface area contributed by atoms with Crippen LogP contribution in [0.2, 0.25) is 0 Å². The third kappa shape index (κ3) is 4.01. The molecule has 10 rings (SSSR count). The van der Waals surface area contributed by atoms with Crippen molar-refractivity contribution in [2.45, 2.75) is 0 Å². The Morgan fingerprint density at radius 2 is 0.938 bits per heavy atom. The average molecular weight is 615 g/mol. The second-order valence-electron chi connectivity index (χ2n) is 12.0. The first-order valence-corrected chi connectivity index (χ1v) is 16.0. The third-order valence-corrected chi connectivity index (χ3v) is 9.23. The first-order chi connectivity index (χ1) is 23.8. The van der Waals surface area contributed by atoms with E-state index in [1.165, 1.54) is 10.8 Å². The van der Waals surface area contributed by atoms with E-state index < -0.39 is 0 Å². The minimum atomic E-state index is 0.566. The highest BCUT2D eigenvalue weighted by atomic mass is 16.3. The molecule has 0 bridgehead atoms. The van der Waals surface area contributed by atoms with Gasteiger partial charge in [-0.2, -0.15) is 0 Å². The second kappa shape index (κ2) is 10.5. The molecular formula is C43H26N4O. The summed E-state index contributed by atoms with van der Waals surface area (Å²) in [5.41, 5.74) is 7.50. The van der Waals surface area contributed by atoms with Crippen molar-refractivity contribution in [1.29, 1.82) is 0 Å². The van der Waals surface area contributed by atoms with Crippen molar-refractivity contribution in [3.8, 4) is 39.9 Å². The van der Waals surface area contributed by atoms with Gasteiger partial charge in [0.05, 0.1) is 22.3 Å². The van der Waals surface area contributed by atoms with E-state index in [0.29, 0.717) is 17.5 Å². The number of para-hydroxylation sites is 3. The molecule has 3 heterocycles. The number of hydrogen-bond acceptors (Lipinski definition) is 4. The van der Waals surface area contributed by atoms with Gasteiger partial charge in [0.25, 0.3) is 0 Å². The summed E-state index contributed by atoms with van der Waals surface area (Å²) in [4.78, 5) is 15.1. The molecule has 5 heteroatoms. The number of aromatic nitrogens is 4. The van der Waals surface area contributed by atoms with Crippen LogP contribution >= 0.6 is 0 Å². The molecule has 0 unspecified atom stereocenters. The minimum Gasteiger partial charge on any atom is -0.453 e. The number of rotatable bonds is 4. The number of hydrogen-bond donors (Lipinski definition) is 0. The highest BCUT2D eigenvalue weighted by Gasteiger charge is 2.23. The van der Waals surface area contributed by atoms with Crippen LogP contribution in [0.25, 0.3) is 94.4 Å². The van der Waals surface area contributed by atoms with E-state index in [9.17, 15) is 0 Å². The smallest absolute Gasteiger partial charge is 0.167 e. The third-order valence-electron chi connectivity index (χ3n) is 9.23. The van der Waals surface area contributed by atoms with Gasteiger partial charge in [-0.1, -0.05) is 133 Å². The molecule has 48 heavy (non-hydrogen) atoms. The quantitative estimate of drug-likeness (QED) is 0.198. The van der Waals surface area contributed by atoms with Crippen LogP contribution in [-0.4, -0.2) is 19.5 Å². The van der Waals surface area contributed by atoms with Gasteiger partial charge in [-0.3, -0.25) is 0 Å². The number of nitrogens with zero attached hydrogens (tertiary/aromatic N) is 4. The fourth-order valence-electron chi connectivity index (χ4n) is 7.09. The Hall–Kier alpha value is -6.59. The largest absolute Gasteiger partial charge is 0.453 e. The summed E-state index contributed by atoms with van der Waals surface area (Å²) < 4.78 is 9.39. The fourth-order valence-corrected chi connectivity index (χ4v) is 7.09. The molecule has 0 radical (unpaired) electrons. The standard InChI is InChI=1S/C43H26N4O/c1-3-14-27(15-4-1)41-44-42(28-16-5-2-6-17-28)46-43(45-41)34-26-29-18-7-8-19-30(29)38-33-22-13-25-37(39(33)48-40(34)38)47-35-23-11-9-20-31(35)32-21-10-12-24-36(32)47/h1-26H.